The maximum absolute atomic E-state index is 12.0. The zero-order chi connectivity index (χ0) is 15.1. The van der Waals surface area contributed by atoms with E-state index < -0.39 is 0 Å². The van der Waals surface area contributed by atoms with Gasteiger partial charge in [-0.1, -0.05) is 11.6 Å². The molecular formula is C15H19ClN2O3. The molecule has 0 spiro atoms. The summed E-state index contributed by atoms with van der Waals surface area (Å²) < 4.78 is 10.5. The number of halogens is 1. The Morgan fingerprint density at radius 2 is 2.24 bits per heavy atom. The Morgan fingerprint density at radius 1 is 1.38 bits per heavy atom. The summed E-state index contributed by atoms with van der Waals surface area (Å²) in [5.41, 5.74) is 1.43. The van der Waals surface area contributed by atoms with Gasteiger partial charge in [0.1, 0.15) is 12.4 Å². The number of fused-ring (bicyclic) bond motifs is 1. The van der Waals surface area contributed by atoms with Crippen molar-refractivity contribution in [3.63, 3.8) is 0 Å². The van der Waals surface area contributed by atoms with Crippen molar-refractivity contribution in [2.75, 3.05) is 40.0 Å². The van der Waals surface area contributed by atoms with Crippen LogP contribution in [0.4, 0.5) is 0 Å². The molecule has 0 saturated carbocycles. The molecule has 6 heteroatoms. The van der Waals surface area contributed by atoms with Crippen LogP contribution in [0.2, 0.25) is 5.02 Å². The van der Waals surface area contributed by atoms with Gasteiger partial charge < -0.3 is 20.1 Å². The van der Waals surface area contributed by atoms with Crippen LogP contribution in [0.15, 0.2) is 23.8 Å². The number of amides is 1. The first kappa shape index (κ1) is 15.8. The maximum Gasteiger partial charge on any atom is 0.250 e. The second-order valence-electron chi connectivity index (χ2n) is 4.64. The monoisotopic (exact) mass is 310 g/mol. The molecule has 21 heavy (non-hydrogen) atoms. The average Bonchev–Trinajstić information content (AvgIpc) is 2.49. The summed E-state index contributed by atoms with van der Waals surface area (Å²) in [4.78, 5) is 12.0. The quantitative estimate of drug-likeness (QED) is 0.749. The molecule has 0 bridgehead atoms. The standard InChI is InChI=1S/C15H19ClN2O3/c1-20-7-6-17-4-5-18-15(19)12-8-11-9-13(16)2-3-14(11)21-10-12/h2-3,8-9,17H,4-7,10H2,1H3,(H,18,19). The Bertz CT molecular complexity index is 532. The van der Waals surface area contributed by atoms with Gasteiger partial charge in [-0.25, -0.2) is 0 Å². The number of nitrogens with one attached hydrogen (secondary N) is 2. The van der Waals surface area contributed by atoms with Gasteiger partial charge in [-0.2, -0.15) is 0 Å². The third-order valence-corrected chi connectivity index (χ3v) is 3.28. The fourth-order valence-electron chi connectivity index (χ4n) is 1.96. The first-order valence-corrected chi connectivity index (χ1v) is 7.19. The summed E-state index contributed by atoms with van der Waals surface area (Å²) in [5, 5.41) is 6.63. The molecule has 1 amide bonds. The highest BCUT2D eigenvalue weighted by atomic mass is 35.5. The molecule has 5 nitrogen and oxygen atoms in total. The van der Waals surface area contributed by atoms with Crippen molar-refractivity contribution in [3.8, 4) is 5.75 Å². The first-order chi connectivity index (χ1) is 10.2. The summed E-state index contributed by atoms with van der Waals surface area (Å²) >= 11 is 5.94. The van der Waals surface area contributed by atoms with E-state index in [-0.39, 0.29) is 12.5 Å². The van der Waals surface area contributed by atoms with E-state index in [1.54, 1.807) is 19.2 Å². The lowest BCUT2D eigenvalue weighted by Crippen LogP contribution is -2.35. The van der Waals surface area contributed by atoms with Crippen molar-refractivity contribution in [2.45, 2.75) is 0 Å². The second-order valence-corrected chi connectivity index (χ2v) is 5.08. The molecule has 1 aromatic rings. The lowest BCUT2D eigenvalue weighted by molar-refractivity contribution is -0.117. The molecule has 114 valence electrons. The predicted molar refractivity (Wildman–Crippen MR) is 82.7 cm³/mol. The van der Waals surface area contributed by atoms with Gasteiger partial charge in [0.25, 0.3) is 5.91 Å². The van der Waals surface area contributed by atoms with Crippen molar-refractivity contribution in [3.05, 3.63) is 34.4 Å². The Hall–Kier alpha value is -1.56. The van der Waals surface area contributed by atoms with E-state index in [2.05, 4.69) is 10.6 Å². The summed E-state index contributed by atoms with van der Waals surface area (Å²) in [6, 6.07) is 5.36. The second kappa shape index (κ2) is 8.02. The minimum Gasteiger partial charge on any atom is -0.488 e. The highest BCUT2D eigenvalue weighted by Gasteiger charge is 2.16. The first-order valence-electron chi connectivity index (χ1n) is 6.81. The summed E-state index contributed by atoms with van der Waals surface area (Å²) in [6.07, 6.45) is 1.82. The van der Waals surface area contributed by atoms with Crippen molar-refractivity contribution in [2.24, 2.45) is 0 Å². The highest BCUT2D eigenvalue weighted by molar-refractivity contribution is 6.30. The normalized spacial score (nSPS) is 13.1. The number of ether oxygens (including phenoxy) is 2. The van der Waals surface area contributed by atoms with Crippen LogP contribution in [0.5, 0.6) is 5.75 Å². The van der Waals surface area contributed by atoms with Gasteiger partial charge in [-0.05, 0) is 24.3 Å². The van der Waals surface area contributed by atoms with Crippen LogP contribution in [-0.2, 0) is 9.53 Å². The minimum atomic E-state index is -0.117. The largest absolute Gasteiger partial charge is 0.488 e. The Morgan fingerprint density at radius 3 is 3.05 bits per heavy atom. The van der Waals surface area contributed by atoms with Gasteiger partial charge in [0.2, 0.25) is 0 Å². The topological polar surface area (TPSA) is 59.6 Å². The van der Waals surface area contributed by atoms with E-state index in [9.17, 15) is 4.79 Å². The molecule has 0 aromatic heterocycles. The van der Waals surface area contributed by atoms with E-state index in [4.69, 9.17) is 21.1 Å². The van der Waals surface area contributed by atoms with Gasteiger partial charge in [-0.3, -0.25) is 4.79 Å². The predicted octanol–water partition coefficient (Wildman–Crippen LogP) is 1.47. The number of hydrogen-bond acceptors (Lipinski definition) is 4. The number of rotatable bonds is 7. The van der Waals surface area contributed by atoms with E-state index in [0.717, 1.165) is 17.9 Å². The molecule has 0 aliphatic carbocycles. The van der Waals surface area contributed by atoms with E-state index in [0.29, 0.717) is 30.3 Å². The fourth-order valence-corrected chi connectivity index (χ4v) is 2.14. The highest BCUT2D eigenvalue weighted by Crippen LogP contribution is 2.28. The third-order valence-electron chi connectivity index (χ3n) is 3.05. The SMILES string of the molecule is COCCNCCNC(=O)C1=Cc2cc(Cl)ccc2OC1. The molecule has 1 aliphatic rings. The molecule has 2 rings (SSSR count). The van der Waals surface area contributed by atoms with Gasteiger partial charge in [0, 0.05) is 37.3 Å². The van der Waals surface area contributed by atoms with Crippen LogP contribution in [-0.4, -0.2) is 45.9 Å². The lowest BCUT2D eigenvalue weighted by Gasteiger charge is -2.17. The molecule has 0 atom stereocenters. The van der Waals surface area contributed by atoms with Crippen LogP contribution < -0.4 is 15.4 Å². The molecule has 0 radical (unpaired) electrons. The van der Waals surface area contributed by atoms with E-state index in [1.807, 2.05) is 12.1 Å². The maximum atomic E-state index is 12.0. The number of carbonyl (C=O) groups is 1. The van der Waals surface area contributed by atoms with Gasteiger partial charge >= 0.3 is 0 Å². The van der Waals surface area contributed by atoms with Crippen molar-refractivity contribution in [1.82, 2.24) is 10.6 Å². The minimum absolute atomic E-state index is 0.117. The molecule has 1 heterocycles. The number of hydrogen-bond donors (Lipinski definition) is 2. The molecular weight excluding hydrogens is 292 g/mol. The molecule has 2 N–H and O–H groups in total. The van der Waals surface area contributed by atoms with Crippen LogP contribution >= 0.6 is 11.6 Å². The molecule has 0 saturated heterocycles. The molecule has 1 aliphatic heterocycles. The van der Waals surface area contributed by atoms with Crippen molar-refractivity contribution >= 4 is 23.6 Å². The lowest BCUT2D eigenvalue weighted by atomic mass is 10.1. The van der Waals surface area contributed by atoms with Crippen LogP contribution in [0.25, 0.3) is 6.08 Å². The molecule has 1 aromatic carbocycles. The third kappa shape index (κ3) is 4.74. The Balaban J connectivity index is 1.83. The van der Waals surface area contributed by atoms with Crippen molar-refractivity contribution < 1.29 is 14.3 Å². The number of methoxy groups -OCH3 is 1. The smallest absolute Gasteiger partial charge is 0.250 e. The number of benzene rings is 1. The van der Waals surface area contributed by atoms with Gasteiger partial charge in [0.05, 0.1) is 12.2 Å². The summed E-state index contributed by atoms with van der Waals surface area (Å²) in [5.74, 6) is 0.631. The summed E-state index contributed by atoms with van der Waals surface area (Å²) in [6.45, 7) is 2.96. The average molecular weight is 311 g/mol. The van der Waals surface area contributed by atoms with Gasteiger partial charge in [-0.15, -0.1) is 0 Å². The van der Waals surface area contributed by atoms with Crippen LogP contribution in [0, 0.1) is 0 Å². The zero-order valence-corrected chi connectivity index (χ0v) is 12.7. The summed E-state index contributed by atoms with van der Waals surface area (Å²) in [7, 11) is 1.66. The van der Waals surface area contributed by atoms with E-state index in [1.165, 1.54) is 0 Å². The van der Waals surface area contributed by atoms with Crippen LogP contribution in [0.3, 0.4) is 0 Å². The van der Waals surface area contributed by atoms with Gasteiger partial charge in [0.15, 0.2) is 0 Å². The zero-order valence-electron chi connectivity index (χ0n) is 11.9. The fraction of sp³-hybridized carbons (Fsp3) is 0.400. The Labute approximate surface area is 129 Å². The van der Waals surface area contributed by atoms with E-state index >= 15 is 0 Å². The molecule has 0 unspecified atom stereocenters. The molecule has 0 fully saturated rings. The van der Waals surface area contributed by atoms with Crippen molar-refractivity contribution in [1.29, 1.82) is 0 Å². The number of carbonyl (C=O) groups excluding carboxylic acids is 1. The van der Waals surface area contributed by atoms with Crippen LogP contribution in [0.1, 0.15) is 5.56 Å². The Kier molecular flexibility index (Phi) is 6.04.